The summed E-state index contributed by atoms with van der Waals surface area (Å²) in [6.45, 7) is 0.837. The standard InChI is InChI=1S/C13H16N2O2/c1-16-11-6-4-7-15-10(11)9-14-13(15)12-5-2-3-8-17-12/h4,6-7,9,12H,2-3,5,8H2,1H3. The number of ether oxygens (including phenoxy) is 2. The van der Waals surface area contributed by atoms with Gasteiger partial charge in [-0.1, -0.05) is 0 Å². The highest BCUT2D eigenvalue weighted by Crippen LogP contribution is 2.29. The lowest BCUT2D eigenvalue weighted by Gasteiger charge is -2.21. The van der Waals surface area contributed by atoms with Crippen molar-refractivity contribution < 1.29 is 9.47 Å². The van der Waals surface area contributed by atoms with Crippen LogP contribution in [0.1, 0.15) is 31.2 Å². The summed E-state index contributed by atoms with van der Waals surface area (Å²) in [7, 11) is 1.68. The first kappa shape index (κ1) is 10.6. The van der Waals surface area contributed by atoms with E-state index in [4.69, 9.17) is 9.47 Å². The largest absolute Gasteiger partial charge is 0.494 e. The maximum Gasteiger partial charge on any atom is 0.144 e. The zero-order chi connectivity index (χ0) is 11.7. The van der Waals surface area contributed by atoms with Crippen molar-refractivity contribution in [3.05, 3.63) is 30.4 Å². The number of rotatable bonds is 2. The first-order valence-corrected chi connectivity index (χ1v) is 6.01. The molecule has 0 aliphatic carbocycles. The van der Waals surface area contributed by atoms with Crippen LogP contribution in [0.15, 0.2) is 24.5 Å². The van der Waals surface area contributed by atoms with E-state index < -0.39 is 0 Å². The lowest BCUT2D eigenvalue weighted by atomic mass is 10.1. The third-order valence-corrected chi connectivity index (χ3v) is 3.25. The summed E-state index contributed by atoms with van der Waals surface area (Å²) in [5.74, 6) is 1.83. The summed E-state index contributed by atoms with van der Waals surface area (Å²) in [5, 5.41) is 0. The molecular weight excluding hydrogens is 216 g/mol. The van der Waals surface area contributed by atoms with Crippen molar-refractivity contribution >= 4 is 5.52 Å². The first-order chi connectivity index (χ1) is 8.40. The van der Waals surface area contributed by atoms with E-state index >= 15 is 0 Å². The normalized spacial score (nSPS) is 20.6. The van der Waals surface area contributed by atoms with Gasteiger partial charge in [-0.05, 0) is 31.4 Å². The van der Waals surface area contributed by atoms with Gasteiger partial charge in [0, 0.05) is 12.8 Å². The quantitative estimate of drug-likeness (QED) is 0.798. The van der Waals surface area contributed by atoms with Crippen LogP contribution in [-0.2, 0) is 4.74 Å². The number of hydrogen-bond donors (Lipinski definition) is 0. The van der Waals surface area contributed by atoms with Gasteiger partial charge in [-0.25, -0.2) is 4.98 Å². The Bertz CT molecular complexity index is 515. The number of imidazole rings is 1. The van der Waals surface area contributed by atoms with Gasteiger partial charge in [-0.3, -0.25) is 4.40 Å². The maximum absolute atomic E-state index is 5.78. The number of fused-ring (bicyclic) bond motifs is 1. The number of nitrogens with zero attached hydrogens (tertiary/aromatic N) is 2. The van der Waals surface area contributed by atoms with Gasteiger partial charge in [0.25, 0.3) is 0 Å². The topological polar surface area (TPSA) is 35.8 Å². The Morgan fingerprint density at radius 2 is 2.41 bits per heavy atom. The molecule has 0 amide bonds. The smallest absolute Gasteiger partial charge is 0.144 e. The molecule has 0 saturated carbocycles. The molecule has 4 heteroatoms. The molecule has 0 bridgehead atoms. The van der Waals surface area contributed by atoms with Gasteiger partial charge < -0.3 is 9.47 Å². The molecule has 1 atom stereocenters. The van der Waals surface area contributed by atoms with Gasteiger partial charge in [-0.15, -0.1) is 0 Å². The Hall–Kier alpha value is -1.55. The molecule has 3 heterocycles. The molecule has 1 aliphatic heterocycles. The first-order valence-electron chi connectivity index (χ1n) is 6.01. The minimum absolute atomic E-state index is 0.123. The van der Waals surface area contributed by atoms with Crippen molar-refractivity contribution in [1.82, 2.24) is 9.38 Å². The van der Waals surface area contributed by atoms with Crippen molar-refractivity contribution in [3.63, 3.8) is 0 Å². The molecule has 17 heavy (non-hydrogen) atoms. The molecule has 0 radical (unpaired) electrons. The fourth-order valence-electron chi connectivity index (χ4n) is 2.37. The minimum Gasteiger partial charge on any atom is -0.494 e. The van der Waals surface area contributed by atoms with Crippen LogP contribution in [0.4, 0.5) is 0 Å². The average molecular weight is 232 g/mol. The van der Waals surface area contributed by atoms with E-state index in [1.54, 1.807) is 7.11 Å². The summed E-state index contributed by atoms with van der Waals surface area (Å²) >= 11 is 0. The van der Waals surface area contributed by atoms with E-state index in [1.807, 2.05) is 24.5 Å². The van der Waals surface area contributed by atoms with Crippen LogP contribution in [0.25, 0.3) is 5.52 Å². The van der Waals surface area contributed by atoms with E-state index in [0.29, 0.717) is 0 Å². The molecule has 4 nitrogen and oxygen atoms in total. The lowest BCUT2D eigenvalue weighted by Crippen LogP contribution is -2.14. The summed E-state index contributed by atoms with van der Waals surface area (Å²) in [6, 6.07) is 3.92. The Morgan fingerprint density at radius 3 is 3.18 bits per heavy atom. The highest BCUT2D eigenvalue weighted by atomic mass is 16.5. The predicted molar refractivity (Wildman–Crippen MR) is 64.3 cm³/mol. The fraction of sp³-hybridized carbons (Fsp3) is 0.462. The molecule has 0 aromatic carbocycles. The molecule has 90 valence electrons. The van der Waals surface area contributed by atoms with E-state index in [1.165, 1.54) is 6.42 Å². The maximum atomic E-state index is 5.78. The Kier molecular flexibility index (Phi) is 2.73. The zero-order valence-electron chi connectivity index (χ0n) is 9.93. The second-order valence-corrected chi connectivity index (χ2v) is 4.30. The zero-order valence-corrected chi connectivity index (χ0v) is 9.93. The summed E-state index contributed by atoms with van der Waals surface area (Å²) in [6.07, 6.45) is 7.41. The van der Waals surface area contributed by atoms with Crippen LogP contribution in [0, 0.1) is 0 Å². The monoisotopic (exact) mass is 232 g/mol. The lowest BCUT2D eigenvalue weighted by molar-refractivity contribution is 0.00915. The van der Waals surface area contributed by atoms with E-state index in [9.17, 15) is 0 Å². The van der Waals surface area contributed by atoms with Crippen molar-refractivity contribution in [3.8, 4) is 5.75 Å². The Balaban J connectivity index is 2.05. The Labute approximate surface area is 100 Å². The fourth-order valence-corrected chi connectivity index (χ4v) is 2.37. The second-order valence-electron chi connectivity index (χ2n) is 4.30. The van der Waals surface area contributed by atoms with Crippen LogP contribution in [0.2, 0.25) is 0 Å². The van der Waals surface area contributed by atoms with Crippen LogP contribution >= 0.6 is 0 Å². The Morgan fingerprint density at radius 1 is 1.47 bits per heavy atom. The number of aromatic nitrogens is 2. The average Bonchev–Trinajstić information content (AvgIpc) is 2.83. The van der Waals surface area contributed by atoms with Gasteiger partial charge in [0.2, 0.25) is 0 Å². The highest BCUT2D eigenvalue weighted by Gasteiger charge is 2.21. The molecule has 1 aliphatic rings. The van der Waals surface area contributed by atoms with Gasteiger partial charge in [0.1, 0.15) is 23.2 Å². The number of hydrogen-bond acceptors (Lipinski definition) is 3. The van der Waals surface area contributed by atoms with Crippen LogP contribution in [-0.4, -0.2) is 23.1 Å². The SMILES string of the molecule is COc1cccn2c(C3CCCCO3)ncc12. The third-order valence-electron chi connectivity index (χ3n) is 3.25. The molecule has 1 unspecified atom stereocenters. The molecule has 3 rings (SSSR count). The number of pyridine rings is 1. The highest BCUT2D eigenvalue weighted by molar-refractivity contribution is 5.59. The van der Waals surface area contributed by atoms with Gasteiger partial charge in [-0.2, -0.15) is 0 Å². The molecule has 1 saturated heterocycles. The second kappa shape index (κ2) is 4.37. The molecule has 1 fully saturated rings. The van der Waals surface area contributed by atoms with Crippen LogP contribution in [0.3, 0.4) is 0 Å². The van der Waals surface area contributed by atoms with Crippen molar-refractivity contribution in [2.24, 2.45) is 0 Å². The van der Waals surface area contributed by atoms with Crippen LogP contribution < -0.4 is 4.74 Å². The summed E-state index contributed by atoms with van der Waals surface area (Å²) in [4.78, 5) is 4.49. The molecule has 2 aromatic heterocycles. The summed E-state index contributed by atoms with van der Waals surface area (Å²) in [5.41, 5.74) is 0.999. The van der Waals surface area contributed by atoms with Gasteiger partial charge in [0.15, 0.2) is 0 Å². The molecular formula is C13H16N2O2. The van der Waals surface area contributed by atoms with Crippen LogP contribution in [0.5, 0.6) is 5.75 Å². The summed E-state index contributed by atoms with van der Waals surface area (Å²) < 4.78 is 13.2. The predicted octanol–water partition coefficient (Wildman–Crippen LogP) is 2.58. The molecule has 0 N–H and O–H groups in total. The minimum atomic E-state index is 0.123. The van der Waals surface area contributed by atoms with Crippen molar-refractivity contribution in [1.29, 1.82) is 0 Å². The van der Waals surface area contributed by atoms with Crippen molar-refractivity contribution in [2.45, 2.75) is 25.4 Å². The van der Waals surface area contributed by atoms with Gasteiger partial charge >= 0.3 is 0 Å². The number of methoxy groups -OCH3 is 1. The molecule has 0 spiro atoms. The third kappa shape index (κ3) is 1.78. The van der Waals surface area contributed by atoms with Gasteiger partial charge in [0.05, 0.1) is 13.3 Å². The van der Waals surface area contributed by atoms with E-state index in [0.717, 1.165) is 36.5 Å². The molecule has 2 aromatic rings. The van der Waals surface area contributed by atoms with Crippen molar-refractivity contribution in [2.75, 3.05) is 13.7 Å². The van der Waals surface area contributed by atoms with E-state index in [-0.39, 0.29) is 6.10 Å². The van der Waals surface area contributed by atoms with E-state index in [2.05, 4.69) is 9.38 Å².